The molecule has 0 aliphatic heterocycles. The Bertz CT molecular complexity index is 642. The van der Waals surface area contributed by atoms with Crippen molar-refractivity contribution in [3.05, 3.63) is 12.2 Å². The summed E-state index contributed by atoms with van der Waals surface area (Å²) in [5.41, 5.74) is 1.41. The molecule has 11 atom stereocenters. The van der Waals surface area contributed by atoms with Gasteiger partial charge in [-0.1, -0.05) is 26.0 Å². The van der Waals surface area contributed by atoms with E-state index in [1.165, 1.54) is 25.7 Å². The zero-order chi connectivity index (χ0) is 16.6. The molecule has 0 heterocycles. The maximum atomic E-state index is 11.7. The lowest BCUT2D eigenvalue weighted by molar-refractivity contribution is -0.224. The molecule has 0 spiro atoms. The predicted molar refractivity (Wildman–Crippen MR) is 93.1 cm³/mol. The number of allylic oxidation sites excluding steroid dienone is 1. The summed E-state index contributed by atoms with van der Waals surface area (Å²) < 4.78 is 0. The van der Waals surface area contributed by atoms with E-state index in [-0.39, 0.29) is 11.5 Å². The van der Waals surface area contributed by atoms with Crippen LogP contribution in [0.15, 0.2) is 12.2 Å². The fourth-order valence-electron chi connectivity index (χ4n) is 9.01. The van der Waals surface area contributed by atoms with Crippen LogP contribution in [-0.4, -0.2) is 21.9 Å². The van der Waals surface area contributed by atoms with E-state index in [1.54, 1.807) is 5.57 Å². The molecule has 6 rings (SSSR count). The van der Waals surface area contributed by atoms with Gasteiger partial charge in [0.1, 0.15) is 0 Å². The second-order valence-electron chi connectivity index (χ2n) is 10.9. The Labute approximate surface area is 145 Å². The number of aliphatic hydroxyl groups is 2. The van der Waals surface area contributed by atoms with Gasteiger partial charge in [-0.05, 0) is 90.8 Å². The molecular formula is C22H32O2. The smallest absolute Gasteiger partial charge is 0.0759 e. The van der Waals surface area contributed by atoms with Crippen molar-refractivity contribution in [2.45, 2.75) is 70.5 Å². The SMILES string of the molecule is C=C1C2CC2[C@H]2C3[C@H]4CC4[C@]4(O)C[C@@H](O)CC[C@]4(C)[C@H]3CC[C@]12C. The molecule has 2 N–H and O–H groups in total. The fraction of sp³-hybridized carbons (Fsp3) is 0.909. The topological polar surface area (TPSA) is 40.5 Å². The van der Waals surface area contributed by atoms with E-state index in [9.17, 15) is 10.2 Å². The van der Waals surface area contributed by atoms with E-state index in [0.29, 0.717) is 23.7 Å². The van der Waals surface area contributed by atoms with Crippen molar-refractivity contribution in [3.63, 3.8) is 0 Å². The molecule has 24 heavy (non-hydrogen) atoms. The lowest BCUT2D eigenvalue weighted by Gasteiger charge is -2.63. The van der Waals surface area contributed by atoms with Gasteiger partial charge in [-0.3, -0.25) is 0 Å². The van der Waals surface area contributed by atoms with E-state index in [2.05, 4.69) is 20.4 Å². The predicted octanol–water partition coefficient (Wildman–Crippen LogP) is 3.77. The van der Waals surface area contributed by atoms with Gasteiger partial charge in [-0.2, -0.15) is 0 Å². The van der Waals surface area contributed by atoms with Gasteiger partial charge in [-0.25, -0.2) is 0 Å². The van der Waals surface area contributed by atoms with Crippen molar-refractivity contribution in [3.8, 4) is 0 Å². The van der Waals surface area contributed by atoms with Gasteiger partial charge in [0.15, 0.2) is 0 Å². The van der Waals surface area contributed by atoms with Crippen LogP contribution in [-0.2, 0) is 0 Å². The molecule has 6 saturated carbocycles. The Hall–Kier alpha value is -0.340. The summed E-state index contributed by atoms with van der Waals surface area (Å²) in [5, 5.41) is 22.0. The number of fused-ring (bicyclic) bond motifs is 10. The molecule has 0 aromatic heterocycles. The highest BCUT2D eigenvalue weighted by atomic mass is 16.3. The van der Waals surface area contributed by atoms with Crippen LogP contribution in [0.2, 0.25) is 0 Å². The summed E-state index contributed by atoms with van der Waals surface area (Å²) in [6.45, 7) is 9.46. The minimum Gasteiger partial charge on any atom is -0.393 e. The quantitative estimate of drug-likeness (QED) is 0.665. The molecule has 0 radical (unpaired) electrons. The van der Waals surface area contributed by atoms with Gasteiger partial charge in [0.05, 0.1) is 11.7 Å². The number of hydrogen-bond acceptors (Lipinski definition) is 2. The normalized spacial score (nSPS) is 69.1. The first kappa shape index (κ1) is 14.8. The van der Waals surface area contributed by atoms with Crippen LogP contribution in [0, 0.1) is 52.3 Å². The average Bonchev–Trinajstić information content (AvgIpc) is 3.41. The third-order valence-corrected chi connectivity index (χ3v) is 10.4. The average molecular weight is 328 g/mol. The number of hydrogen-bond donors (Lipinski definition) is 2. The second kappa shape index (κ2) is 3.98. The van der Waals surface area contributed by atoms with Crippen LogP contribution >= 0.6 is 0 Å². The Morgan fingerprint density at radius 2 is 1.83 bits per heavy atom. The molecule has 0 amide bonds. The van der Waals surface area contributed by atoms with Crippen LogP contribution in [0.5, 0.6) is 0 Å². The Morgan fingerprint density at radius 1 is 1.04 bits per heavy atom. The highest BCUT2D eigenvalue weighted by Gasteiger charge is 2.77. The summed E-state index contributed by atoms with van der Waals surface area (Å²) in [7, 11) is 0. The highest BCUT2D eigenvalue weighted by Crippen LogP contribution is 2.80. The summed E-state index contributed by atoms with van der Waals surface area (Å²) in [6.07, 6.45) is 7.44. The largest absolute Gasteiger partial charge is 0.393 e. The zero-order valence-electron chi connectivity index (χ0n) is 15.2. The van der Waals surface area contributed by atoms with E-state index >= 15 is 0 Å². The van der Waals surface area contributed by atoms with Crippen LogP contribution in [0.25, 0.3) is 0 Å². The Morgan fingerprint density at radius 3 is 2.62 bits per heavy atom. The van der Waals surface area contributed by atoms with Crippen molar-refractivity contribution in [1.29, 1.82) is 0 Å². The lowest BCUT2D eigenvalue weighted by atomic mass is 9.43. The van der Waals surface area contributed by atoms with Crippen LogP contribution in [0.4, 0.5) is 0 Å². The van der Waals surface area contributed by atoms with Gasteiger partial charge in [-0.15, -0.1) is 0 Å². The standard InChI is InChI=1S/C22H32O2/c1-11-13-8-14(13)19-18-15-9-17(15)22(24)10-12(23)4-7-21(22,3)16(18)5-6-20(11,19)2/h12-19,23-24H,1,4-10H2,2-3H3/t12-,13?,14?,15-,16-,17?,18?,19-,20+,21+,22+/m0/s1. The lowest BCUT2D eigenvalue weighted by Crippen LogP contribution is -2.64. The molecular weight excluding hydrogens is 296 g/mol. The molecule has 6 aliphatic rings. The van der Waals surface area contributed by atoms with E-state index in [0.717, 1.165) is 42.4 Å². The van der Waals surface area contributed by atoms with Gasteiger partial charge < -0.3 is 10.2 Å². The molecule has 2 nitrogen and oxygen atoms in total. The van der Waals surface area contributed by atoms with Crippen molar-refractivity contribution in [1.82, 2.24) is 0 Å². The first-order valence-corrected chi connectivity index (χ1v) is 10.4. The Kier molecular flexibility index (Phi) is 2.45. The minimum atomic E-state index is -0.594. The minimum absolute atomic E-state index is 0.0319. The van der Waals surface area contributed by atoms with Gasteiger partial charge in [0.2, 0.25) is 0 Å². The van der Waals surface area contributed by atoms with Gasteiger partial charge in [0, 0.05) is 6.42 Å². The summed E-state index contributed by atoms with van der Waals surface area (Å²) >= 11 is 0. The van der Waals surface area contributed by atoms with Crippen LogP contribution in [0.3, 0.4) is 0 Å². The summed E-state index contributed by atoms with van der Waals surface area (Å²) in [6, 6.07) is 0. The summed E-state index contributed by atoms with van der Waals surface area (Å²) in [4.78, 5) is 0. The third kappa shape index (κ3) is 1.39. The van der Waals surface area contributed by atoms with Crippen molar-refractivity contribution in [2.24, 2.45) is 52.3 Å². The first-order valence-electron chi connectivity index (χ1n) is 10.4. The number of aliphatic hydroxyl groups excluding tert-OH is 1. The van der Waals surface area contributed by atoms with Crippen LogP contribution in [0.1, 0.15) is 58.8 Å². The first-order chi connectivity index (χ1) is 11.3. The molecule has 0 aromatic rings. The van der Waals surface area contributed by atoms with E-state index in [1.807, 2.05) is 0 Å². The molecule has 0 aromatic carbocycles. The van der Waals surface area contributed by atoms with Crippen molar-refractivity contribution >= 4 is 0 Å². The summed E-state index contributed by atoms with van der Waals surface area (Å²) in [5.74, 6) is 5.28. The molecule has 2 heteroatoms. The zero-order valence-corrected chi connectivity index (χ0v) is 15.2. The van der Waals surface area contributed by atoms with Crippen molar-refractivity contribution < 1.29 is 10.2 Å². The van der Waals surface area contributed by atoms with E-state index < -0.39 is 5.60 Å². The molecule has 6 fully saturated rings. The Balaban J connectivity index is 1.45. The van der Waals surface area contributed by atoms with E-state index in [4.69, 9.17) is 0 Å². The highest BCUT2D eigenvalue weighted by molar-refractivity contribution is 5.35. The maximum Gasteiger partial charge on any atom is 0.0759 e. The molecule has 4 unspecified atom stereocenters. The second-order valence-corrected chi connectivity index (χ2v) is 10.9. The number of rotatable bonds is 0. The van der Waals surface area contributed by atoms with Gasteiger partial charge >= 0.3 is 0 Å². The third-order valence-electron chi connectivity index (χ3n) is 10.4. The maximum absolute atomic E-state index is 11.7. The molecule has 6 aliphatic carbocycles. The van der Waals surface area contributed by atoms with Gasteiger partial charge in [0.25, 0.3) is 0 Å². The van der Waals surface area contributed by atoms with Crippen molar-refractivity contribution in [2.75, 3.05) is 0 Å². The fourth-order valence-corrected chi connectivity index (χ4v) is 9.01. The molecule has 0 saturated heterocycles. The van der Waals surface area contributed by atoms with Crippen LogP contribution < -0.4 is 0 Å². The molecule has 0 bridgehead atoms. The molecule has 132 valence electrons. The monoisotopic (exact) mass is 328 g/mol.